The zero-order valence-corrected chi connectivity index (χ0v) is 22.3. The Labute approximate surface area is 233 Å². The van der Waals surface area contributed by atoms with Crippen molar-refractivity contribution >= 4 is 51.3 Å². The van der Waals surface area contributed by atoms with Gasteiger partial charge in [0.15, 0.2) is 5.76 Å². The van der Waals surface area contributed by atoms with Crippen LogP contribution in [0.2, 0.25) is 10.0 Å². The summed E-state index contributed by atoms with van der Waals surface area (Å²) < 4.78 is 13.4. The maximum absolute atomic E-state index is 13.6. The predicted octanol–water partition coefficient (Wildman–Crippen LogP) is 7.89. The molecule has 0 fully saturated rings. The van der Waals surface area contributed by atoms with Gasteiger partial charge in [-0.1, -0.05) is 65.2 Å². The minimum absolute atomic E-state index is 0.256. The van der Waals surface area contributed by atoms with E-state index >= 15 is 0 Å². The number of aryl methyl sites for hydroxylation is 1. The third kappa shape index (κ3) is 5.17. The molecule has 0 unspecified atom stereocenters. The lowest BCUT2D eigenvalue weighted by atomic mass is 10.1. The topological polar surface area (TPSA) is 69.6 Å². The molecule has 6 nitrogen and oxygen atoms in total. The van der Waals surface area contributed by atoms with Crippen molar-refractivity contribution in [2.75, 3.05) is 0 Å². The Morgan fingerprint density at radius 3 is 2.64 bits per heavy atom. The van der Waals surface area contributed by atoms with Crippen LogP contribution in [0.5, 0.6) is 5.75 Å². The molecule has 0 spiro atoms. The molecule has 2 aromatic heterocycles. The van der Waals surface area contributed by atoms with Crippen LogP contribution in [0.4, 0.5) is 0 Å². The molecule has 0 bridgehead atoms. The van der Waals surface area contributed by atoms with Gasteiger partial charge in [0.2, 0.25) is 5.82 Å². The van der Waals surface area contributed by atoms with Crippen LogP contribution in [0.1, 0.15) is 16.7 Å². The SMILES string of the molecule is Cc1cccc(COc2ccc(Cl)cc2C=Nn2c(-c3cc4cc(Cl)ccc4o3)nc3ccccc3c2=O)c1. The third-order valence-electron chi connectivity index (χ3n) is 6.21. The van der Waals surface area contributed by atoms with Crippen LogP contribution in [-0.2, 0) is 6.61 Å². The number of benzene rings is 4. The van der Waals surface area contributed by atoms with Gasteiger partial charge in [-0.15, -0.1) is 0 Å². The highest BCUT2D eigenvalue weighted by molar-refractivity contribution is 6.31. The third-order valence-corrected chi connectivity index (χ3v) is 6.68. The Bertz CT molecular complexity index is 1940. The monoisotopic (exact) mass is 553 g/mol. The molecule has 2 heterocycles. The van der Waals surface area contributed by atoms with Gasteiger partial charge >= 0.3 is 0 Å². The average molecular weight is 554 g/mol. The van der Waals surface area contributed by atoms with Gasteiger partial charge < -0.3 is 9.15 Å². The second kappa shape index (κ2) is 10.4. The van der Waals surface area contributed by atoms with Crippen LogP contribution in [0.3, 0.4) is 0 Å². The Balaban J connectivity index is 1.44. The number of halogens is 2. The number of nitrogens with zero attached hydrogens (tertiary/aromatic N) is 3. The van der Waals surface area contributed by atoms with E-state index in [9.17, 15) is 4.79 Å². The fourth-order valence-corrected chi connectivity index (χ4v) is 4.71. The van der Waals surface area contributed by atoms with E-state index in [4.69, 9.17) is 37.3 Å². The molecular weight excluding hydrogens is 533 g/mol. The molecule has 0 radical (unpaired) electrons. The molecule has 192 valence electrons. The highest BCUT2D eigenvalue weighted by Gasteiger charge is 2.17. The van der Waals surface area contributed by atoms with Crippen LogP contribution in [0.15, 0.2) is 105 Å². The van der Waals surface area contributed by atoms with Crippen LogP contribution < -0.4 is 10.3 Å². The molecule has 0 aliphatic rings. The van der Waals surface area contributed by atoms with E-state index in [0.717, 1.165) is 16.5 Å². The van der Waals surface area contributed by atoms with Crippen LogP contribution >= 0.6 is 23.2 Å². The normalized spacial score (nSPS) is 11.6. The second-order valence-corrected chi connectivity index (χ2v) is 9.94. The predicted molar refractivity (Wildman–Crippen MR) is 156 cm³/mol. The van der Waals surface area contributed by atoms with E-state index in [1.54, 1.807) is 66.9 Å². The smallest absolute Gasteiger partial charge is 0.282 e. The number of rotatable bonds is 6. The van der Waals surface area contributed by atoms with E-state index in [2.05, 4.69) is 11.2 Å². The molecular formula is C31H21Cl2N3O3. The summed E-state index contributed by atoms with van der Waals surface area (Å²) >= 11 is 12.5. The van der Waals surface area contributed by atoms with Crippen molar-refractivity contribution in [3.8, 4) is 17.3 Å². The molecule has 4 aromatic carbocycles. The van der Waals surface area contributed by atoms with Crippen molar-refractivity contribution in [1.82, 2.24) is 9.66 Å². The van der Waals surface area contributed by atoms with Crippen molar-refractivity contribution in [3.05, 3.63) is 128 Å². The first-order valence-electron chi connectivity index (χ1n) is 12.2. The van der Waals surface area contributed by atoms with Gasteiger partial charge in [-0.3, -0.25) is 4.79 Å². The summed E-state index contributed by atoms with van der Waals surface area (Å²) in [5.74, 6) is 1.21. The van der Waals surface area contributed by atoms with Crippen molar-refractivity contribution in [2.24, 2.45) is 5.10 Å². The Morgan fingerprint density at radius 2 is 1.77 bits per heavy atom. The van der Waals surface area contributed by atoms with Gasteiger partial charge in [0.25, 0.3) is 5.56 Å². The number of ether oxygens (including phenoxy) is 1. The highest BCUT2D eigenvalue weighted by Crippen LogP contribution is 2.29. The molecule has 6 aromatic rings. The maximum atomic E-state index is 13.6. The lowest BCUT2D eigenvalue weighted by Crippen LogP contribution is -2.20. The summed E-state index contributed by atoms with van der Waals surface area (Å²) in [5.41, 5.74) is 3.61. The molecule has 0 aliphatic carbocycles. The number of fused-ring (bicyclic) bond motifs is 2. The molecule has 39 heavy (non-hydrogen) atoms. The largest absolute Gasteiger partial charge is 0.488 e. The molecule has 8 heteroatoms. The first kappa shape index (κ1) is 24.9. The molecule has 0 N–H and O–H groups in total. The van der Waals surface area contributed by atoms with Crippen LogP contribution in [0, 0.1) is 6.92 Å². The van der Waals surface area contributed by atoms with Gasteiger partial charge in [0.1, 0.15) is 17.9 Å². The number of hydrogen-bond donors (Lipinski definition) is 0. The van der Waals surface area contributed by atoms with E-state index in [1.807, 2.05) is 31.2 Å². The Morgan fingerprint density at radius 1 is 0.949 bits per heavy atom. The fraction of sp³-hybridized carbons (Fsp3) is 0.0645. The van der Waals surface area contributed by atoms with Crippen molar-refractivity contribution in [2.45, 2.75) is 13.5 Å². The van der Waals surface area contributed by atoms with Gasteiger partial charge in [0, 0.05) is 21.0 Å². The van der Waals surface area contributed by atoms with E-state index in [-0.39, 0.29) is 11.4 Å². The minimum Gasteiger partial charge on any atom is -0.488 e. The van der Waals surface area contributed by atoms with Crippen LogP contribution in [0.25, 0.3) is 33.5 Å². The van der Waals surface area contributed by atoms with Gasteiger partial charge in [0.05, 0.1) is 17.1 Å². The Kier molecular flexibility index (Phi) is 6.65. The van der Waals surface area contributed by atoms with Crippen molar-refractivity contribution in [3.63, 3.8) is 0 Å². The second-order valence-electron chi connectivity index (χ2n) is 9.07. The highest BCUT2D eigenvalue weighted by atomic mass is 35.5. The zero-order chi connectivity index (χ0) is 26.9. The van der Waals surface area contributed by atoms with E-state index in [1.165, 1.54) is 4.68 Å². The quantitative estimate of drug-likeness (QED) is 0.196. The number of aromatic nitrogens is 2. The van der Waals surface area contributed by atoms with Crippen molar-refractivity contribution in [1.29, 1.82) is 0 Å². The minimum atomic E-state index is -0.338. The average Bonchev–Trinajstić information content (AvgIpc) is 3.35. The first-order valence-corrected chi connectivity index (χ1v) is 12.9. The van der Waals surface area contributed by atoms with Crippen molar-refractivity contribution < 1.29 is 9.15 Å². The molecule has 0 amide bonds. The van der Waals surface area contributed by atoms with E-state index in [0.29, 0.717) is 50.2 Å². The standard InChI is InChI=1S/C31H21Cl2N3O3/c1-19-5-4-6-20(13-19)18-38-27-11-9-24(33)15-22(27)17-34-36-30(35-26-8-3-2-7-25(26)31(36)37)29-16-21-14-23(32)10-12-28(21)39-29/h2-17H,18H2,1H3. The summed E-state index contributed by atoms with van der Waals surface area (Å²) in [5, 5.41) is 6.86. The van der Waals surface area contributed by atoms with E-state index < -0.39 is 0 Å². The maximum Gasteiger partial charge on any atom is 0.282 e. The van der Waals surface area contributed by atoms with Gasteiger partial charge in [-0.05, 0) is 67.1 Å². The number of hydrogen-bond acceptors (Lipinski definition) is 5. The number of para-hydroxylation sites is 1. The summed E-state index contributed by atoms with van der Waals surface area (Å²) in [4.78, 5) is 18.3. The number of furan rings is 1. The summed E-state index contributed by atoms with van der Waals surface area (Å²) in [7, 11) is 0. The first-order chi connectivity index (χ1) is 18.9. The fourth-order valence-electron chi connectivity index (χ4n) is 4.35. The molecule has 0 atom stereocenters. The Hall–Kier alpha value is -4.39. The molecule has 0 saturated carbocycles. The van der Waals surface area contributed by atoms with Gasteiger partial charge in [-0.2, -0.15) is 9.78 Å². The molecule has 6 rings (SSSR count). The van der Waals surface area contributed by atoms with Gasteiger partial charge in [-0.25, -0.2) is 4.98 Å². The zero-order valence-electron chi connectivity index (χ0n) is 20.8. The summed E-state index contributed by atoms with van der Waals surface area (Å²) in [6, 6.07) is 27.6. The van der Waals surface area contributed by atoms with Crippen LogP contribution in [-0.4, -0.2) is 15.9 Å². The summed E-state index contributed by atoms with van der Waals surface area (Å²) in [6.45, 7) is 2.40. The molecule has 0 aliphatic heterocycles. The lowest BCUT2D eigenvalue weighted by Gasteiger charge is -2.11. The summed E-state index contributed by atoms with van der Waals surface area (Å²) in [6.07, 6.45) is 1.54. The molecule has 0 saturated heterocycles. The lowest BCUT2D eigenvalue weighted by molar-refractivity contribution is 0.305.